The third kappa shape index (κ3) is 2.16. The molecule has 0 amide bonds. The number of likely N-dealkylation sites (N-methyl/N-ethyl adjacent to an activating group) is 1. The molecule has 0 aliphatic carbocycles. The number of fused-ring (bicyclic) bond motifs is 2. The van der Waals surface area contributed by atoms with E-state index in [1.54, 1.807) is 4.52 Å². The maximum Gasteiger partial charge on any atom is 0.254 e. The van der Waals surface area contributed by atoms with Crippen molar-refractivity contribution < 1.29 is 0 Å². The molecule has 3 aromatic rings. The molecule has 112 valence electrons. The molecule has 1 aliphatic rings. The molecule has 1 aromatic carbocycles. The lowest BCUT2D eigenvalue weighted by atomic mass is 9.98. The van der Waals surface area contributed by atoms with Crippen LogP contribution in [0.2, 0.25) is 0 Å². The summed E-state index contributed by atoms with van der Waals surface area (Å²) < 4.78 is 1.76. The Hall–Kier alpha value is -2.63. The van der Waals surface area contributed by atoms with Gasteiger partial charge in [0.1, 0.15) is 12.1 Å². The Labute approximate surface area is 128 Å². The molecule has 0 bridgehead atoms. The molecule has 1 aliphatic heterocycles. The number of nitrogens with one attached hydrogen (secondary N) is 1. The summed E-state index contributed by atoms with van der Waals surface area (Å²) in [6.45, 7) is 2.93. The molecule has 6 nitrogen and oxygen atoms in total. The number of rotatable bonds is 2. The quantitative estimate of drug-likeness (QED) is 0.782. The van der Waals surface area contributed by atoms with Crippen molar-refractivity contribution in [2.24, 2.45) is 0 Å². The van der Waals surface area contributed by atoms with Gasteiger partial charge in [-0.2, -0.15) is 14.6 Å². The van der Waals surface area contributed by atoms with Crippen molar-refractivity contribution in [3.05, 3.63) is 47.9 Å². The second kappa shape index (κ2) is 4.98. The minimum atomic E-state index is 0.328. The van der Waals surface area contributed by atoms with Crippen LogP contribution < -0.4 is 10.2 Å². The lowest BCUT2D eigenvalue weighted by Gasteiger charge is -2.34. The Bertz CT molecular complexity index is 824. The van der Waals surface area contributed by atoms with Crippen molar-refractivity contribution in [3.63, 3.8) is 0 Å². The summed E-state index contributed by atoms with van der Waals surface area (Å²) in [4.78, 5) is 10.8. The smallest absolute Gasteiger partial charge is 0.254 e. The van der Waals surface area contributed by atoms with E-state index in [2.05, 4.69) is 56.6 Å². The van der Waals surface area contributed by atoms with Crippen molar-refractivity contribution in [3.8, 4) is 0 Å². The van der Waals surface area contributed by atoms with Crippen LogP contribution in [0.25, 0.3) is 5.78 Å². The van der Waals surface area contributed by atoms with Crippen molar-refractivity contribution in [1.29, 1.82) is 0 Å². The SMILES string of the molecule is Cc1cc(N[C@@H]2Cc3ccccc3N(C)C2)n2ncnc2n1. The van der Waals surface area contributed by atoms with E-state index in [0.717, 1.165) is 24.5 Å². The second-order valence-corrected chi connectivity index (χ2v) is 5.81. The fourth-order valence-corrected chi connectivity index (χ4v) is 3.15. The molecule has 3 heterocycles. The number of hydrogen-bond acceptors (Lipinski definition) is 5. The Morgan fingerprint density at radius 3 is 3.05 bits per heavy atom. The summed E-state index contributed by atoms with van der Waals surface area (Å²) in [6, 6.07) is 10.9. The van der Waals surface area contributed by atoms with E-state index in [9.17, 15) is 0 Å². The van der Waals surface area contributed by atoms with Gasteiger partial charge in [0.2, 0.25) is 0 Å². The zero-order chi connectivity index (χ0) is 15.1. The highest BCUT2D eigenvalue weighted by Gasteiger charge is 2.22. The zero-order valence-corrected chi connectivity index (χ0v) is 12.7. The van der Waals surface area contributed by atoms with Gasteiger partial charge in [0.25, 0.3) is 5.78 Å². The molecule has 0 saturated heterocycles. The van der Waals surface area contributed by atoms with E-state index in [1.165, 1.54) is 17.6 Å². The largest absolute Gasteiger partial charge is 0.372 e. The molecule has 4 rings (SSSR count). The van der Waals surface area contributed by atoms with Gasteiger partial charge in [-0.3, -0.25) is 0 Å². The first-order chi connectivity index (χ1) is 10.7. The number of nitrogens with zero attached hydrogens (tertiary/aromatic N) is 5. The van der Waals surface area contributed by atoms with E-state index in [1.807, 2.05) is 13.0 Å². The van der Waals surface area contributed by atoms with E-state index in [0.29, 0.717) is 11.8 Å². The summed E-state index contributed by atoms with van der Waals surface area (Å²) in [5.41, 5.74) is 3.62. The van der Waals surface area contributed by atoms with Crippen LogP contribution in [-0.4, -0.2) is 39.2 Å². The van der Waals surface area contributed by atoms with Gasteiger partial charge in [0.05, 0.1) is 0 Å². The predicted molar refractivity (Wildman–Crippen MR) is 86.3 cm³/mol. The van der Waals surface area contributed by atoms with E-state index in [4.69, 9.17) is 0 Å². The molecule has 6 heteroatoms. The molecule has 0 fully saturated rings. The Balaban J connectivity index is 1.65. The number of hydrogen-bond donors (Lipinski definition) is 1. The summed E-state index contributed by atoms with van der Waals surface area (Å²) in [5, 5.41) is 7.86. The van der Waals surface area contributed by atoms with Crippen molar-refractivity contribution in [2.75, 3.05) is 23.8 Å². The van der Waals surface area contributed by atoms with Crippen LogP contribution in [0.4, 0.5) is 11.5 Å². The zero-order valence-electron chi connectivity index (χ0n) is 12.7. The maximum atomic E-state index is 4.38. The number of para-hydroxylation sites is 1. The predicted octanol–water partition coefficient (Wildman–Crippen LogP) is 1.91. The van der Waals surface area contributed by atoms with Crippen LogP contribution >= 0.6 is 0 Å². The molecular weight excluding hydrogens is 276 g/mol. The van der Waals surface area contributed by atoms with Gasteiger partial charge in [-0.1, -0.05) is 18.2 Å². The normalized spacial score (nSPS) is 17.5. The van der Waals surface area contributed by atoms with Crippen LogP contribution in [0.5, 0.6) is 0 Å². The molecule has 0 spiro atoms. The Kier molecular flexibility index (Phi) is 2.96. The number of aromatic nitrogens is 4. The van der Waals surface area contributed by atoms with Crippen LogP contribution in [0.1, 0.15) is 11.3 Å². The summed E-state index contributed by atoms with van der Waals surface area (Å²) in [7, 11) is 2.13. The molecule has 2 aromatic heterocycles. The van der Waals surface area contributed by atoms with E-state index < -0.39 is 0 Å². The first-order valence-electron chi connectivity index (χ1n) is 7.43. The van der Waals surface area contributed by atoms with Crippen LogP contribution in [0, 0.1) is 6.92 Å². The Morgan fingerprint density at radius 2 is 2.14 bits per heavy atom. The first-order valence-corrected chi connectivity index (χ1v) is 7.43. The molecule has 1 N–H and O–H groups in total. The highest BCUT2D eigenvalue weighted by atomic mass is 15.4. The van der Waals surface area contributed by atoms with Crippen molar-refractivity contribution in [2.45, 2.75) is 19.4 Å². The van der Waals surface area contributed by atoms with Gasteiger partial charge >= 0.3 is 0 Å². The highest BCUT2D eigenvalue weighted by Crippen LogP contribution is 2.27. The monoisotopic (exact) mass is 294 g/mol. The van der Waals surface area contributed by atoms with Gasteiger partial charge in [0, 0.05) is 37.1 Å². The summed E-state index contributed by atoms with van der Waals surface area (Å²) in [6.07, 6.45) is 2.54. The van der Waals surface area contributed by atoms with E-state index >= 15 is 0 Å². The van der Waals surface area contributed by atoms with Crippen molar-refractivity contribution in [1.82, 2.24) is 19.6 Å². The van der Waals surface area contributed by atoms with E-state index in [-0.39, 0.29) is 0 Å². The fraction of sp³-hybridized carbons (Fsp3) is 0.312. The number of aryl methyl sites for hydroxylation is 1. The Morgan fingerprint density at radius 1 is 1.27 bits per heavy atom. The lowest BCUT2D eigenvalue weighted by molar-refractivity contribution is 0.657. The number of benzene rings is 1. The molecular formula is C16H18N6. The molecule has 0 radical (unpaired) electrons. The first kappa shape index (κ1) is 13.1. The molecule has 22 heavy (non-hydrogen) atoms. The molecule has 1 atom stereocenters. The minimum Gasteiger partial charge on any atom is -0.372 e. The minimum absolute atomic E-state index is 0.328. The third-order valence-corrected chi connectivity index (χ3v) is 4.10. The lowest BCUT2D eigenvalue weighted by Crippen LogP contribution is -2.40. The highest BCUT2D eigenvalue weighted by molar-refractivity contribution is 5.57. The fourth-order valence-electron chi connectivity index (χ4n) is 3.15. The third-order valence-electron chi connectivity index (χ3n) is 4.10. The topological polar surface area (TPSA) is 58.4 Å². The van der Waals surface area contributed by atoms with Gasteiger partial charge in [-0.05, 0) is 25.0 Å². The van der Waals surface area contributed by atoms with Crippen LogP contribution in [0.15, 0.2) is 36.7 Å². The van der Waals surface area contributed by atoms with Gasteiger partial charge in [-0.15, -0.1) is 0 Å². The molecule has 0 unspecified atom stereocenters. The van der Waals surface area contributed by atoms with Gasteiger partial charge in [-0.25, -0.2) is 4.98 Å². The van der Waals surface area contributed by atoms with Gasteiger partial charge < -0.3 is 10.2 Å². The standard InChI is InChI=1S/C16H18N6/c1-11-7-15(22-16(19-11)17-10-18-22)20-13-8-12-5-3-4-6-14(12)21(2)9-13/h3-7,10,13,20H,8-9H2,1-2H3/t13-/m1/s1. The van der Waals surface area contributed by atoms with Crippen LogP contribution in [-0.2, 0) is 6.42 Å². The average Bonchev–Trinajstić information content (AvgIpc) is 2.95. The number of anilines is 2. The molecule has 0 saturated carbocycles. The summed E-state index contributed by atoms with van der Waals surface area (Å²) >= 11 is 0. The van der Waals surface area contributed by atoms with Crippen LogP contribution in [0.3, 0.4) is 0 Å². The van der Waals surface area contributed by atoms with Crippen molar-refractivity contribution >= 4 is 17.3 Å². The second-order valence-electron chi connectivity index (χ2n) is 5.81. The maximum absolute atomic E-state index is 4.38. The van der Waals surface area contributed by atoms with Gasteiger partial charge in [0.15, 0.2) is 0 Å². The average molecular weight is 294 g/mol. The summed E-state index contributed by atoms with van der Waals surface area (Å²) in [5.74, 6) is 1.57.